The Bertz CT molecular complexity index is 348. The lowest BCUT2D eigenvalue weighted by Gasteiger charge is -2.26. The van der Waals surface area contributed by atoms with E-state index in [2.05, 4.69) is 10.2 Å². The first-order valence-electron chi connectivity index (χ1n) is 6.43. The predicted octanol–water partition coefficient (Wildman–Crippen LogP) is 2.65. The largest absolute Gasteiger partial charge is 0.375 e. The summed E-state index contributed by atoms with van der Waals surface area (Å²) in [6, 6.07) is 6.81. The number of benzene rings is 1. The molecule has 1 saturated heterocycles. The molecule has 1 atom stereocenters. The van der Waals surface area contributed by atoms with Gasteiger partial charge in [-0.1, -0.05) is 6.07 Å². The fourth-order valence-electron chi connectivity index (χ4n) is 2.39. The Morgan fingerprint density at radius 3 is 3.06 bits per heavy atom. The van der Waals surface area contributed by atoms with Crippen LogP contribution < -0.4 is 10.2 Å². The molecule has 1 aliphatic rings. The fourth-order valence-corrected chi connectivity index (χ4v) is 2.39. The summed E-state index contributed by atoms with van der Waals surface area (Å²) in [6.45, 7) is 3.29. The second-order valence-electron chi connectivity index (χ2n) is 4.90. The highest BCUT2D eigenvalue weighted by Gasteiger charge is 2.13. The Kier molecular flexibility index (Phi) is 4.37. The highest BCUT2D eigenvalue weighted by molar-refractivity contribution is 5.45. The molecule has 1 aromatic rings. The van der Waals surface area contributed by atoms with Gasteiger partial charge in [0.2, 0.25) is 0 Å². The monoisotopic (exact) mass is 236 g/mol. The molecular formula is C14H21FN2. The lowest BCUT2D eigenvalue weighted by atomic mass is 9.96. The van der Waals surface area contributed by atoms with Crippen LogP contribution in [0.15, 0.2) is 24.3 Å². The number of rotatable bonds is 4. The highest BCUT2D eigenvalue weighted by Crippen LogP contribution is 2.18. The first kappa shape index (κ1) is 12.4. The van der Waals surface area contributed by atoms with E-state index in [1.54, 1.807) is 12.1 Å². The number of nitrogens with zero attached hydrogens (tertiary/aromatic N) is 1. The maximum absolute atomic E-state index is 13.1. The molecule has 94 valence electrons. The van der Waals surface area contributed by atoms with Gasteiger partial charge >= 0.3 is 0 Å². The summed E-state index contributed by atoms with van der Waals surface area (Å²) in [6.07, 6.45) is 3.79. The molecule has 0 bridgehead atoms. The summed E-state index contributed by atoms with van der Waals surface area (Å²) in [5.74, 6) is 0.619. The summed E-state index contributed by atoms with van der Waals surface area (Å²) in [5.41, 5.74) is 0.966. The second kappa shape index (κ2) is 6.01. The molecule has 0 amide bonds. The molecule has 0 aromatic heterocycles. The predicted molar refractivity (Wildman–Crippen MR) is 69.9 cm³/mol. The van der Waals surface area contributed by atoms with Crippen LogP contribution in [0.25, 0.3) is 0 Å². The molecule has 2 rings (SSSR count). The quantitative estimate of drug-likeness (QED) is 0.864. The third-order valence-corrected chi connectivity index (χ3v) is 3.52. The number of halogens is 1. The van der Waals surface area contributed by atoms with E-state index in [1.165, 1.54) is 25.3 Å². The zero-order chi connectivity index (χ0) is 12.1. The van der Waals surface area contributed by atoms with Crippen molar-refractivity contribution in [2.24, 2.45) is 5.92 Å². The molecule has 2 nitrogen and oxygen atoms in total. The molecule has 1 aliphatic heterocycles. The number of hydrogen-bond donors (Lipinski definition) is 1. The van der Waals surface area contributed by atoms with E-state index in [0.29, 0.717) is 0 Å². The van der Waals surface area contributed by atoms with Gasteiger partial charge in [-0.15, -0.1) is 0 Å². The second-order valence-corrected chi connectivity index (χ2v) is 4.90. The molecule has 1 heterocycles. The average Bonchev–Trinajstić information content (AvgIpc) is 2.37. The van der Waals surface area contributed by atoms with Crippen LogP contribution in [0.1, 0.15) is 19.3 Å². The SMILES string of the molecule is CN(CCC1CCCNC1)c1cccc(F)c1. The van der Waals surface area contributed by atoms with Crippen molar-refractivity contribution in [3.63, 3.8) is 0 Å². The van der Waals surface area contributed by atoms with Crippen molar-refractivity contribution in [2.45, 2.75) is 19.3 Å². The Morgan fingerprint density at radius 2 is 2.35 bits per heavy atom. The molecule has 1 aromatic carbocycles. The van der Waals surface area contributed by atoms with Gasteiger partial charge in [-0.25, -0.2) is 4.39 Å². The fraction of sp³-hybridized carbons (Fsp3) is 0.571. The first-order valence-corrected chi connectivity index (χ1v) is 6.43. The number of hydrogen-bond acceptors (Lipinski definition) is 2. The van der Waals surface area contributed by atoms with E-state index in [4.69, 9.17) is 0 Å². The number of piperidine rings is 1. The topological polar surface area (TPSA) is 15.3 Å². The molecule has 0 aliphatic carbocycles. The van der Waals surface area contributed by atoms with Gasteiger partial charge in [0.1, 0.15) is 5.82 Å². The summed E-state index contributed by atoms with van der Waals surface area (Å²) in [4.78, 5) is 2.14. The maximum Gasteiger partial charge on any atom is 0.125 e. The van der Waals surface area contributed by atoms with Gasteiger partial charge in [0.15, 0.2) is 0 Å². The smallest absolute Gasteiger partial charge is 0.125 e. The maximum atomic E-state index is 13.1. The van der Waals surface area contributed by atoms with E-state index in [0.717, 1.165) is 31.2 Å². The molecule has 0 spiro atoms. The Balaban J connectivity index is 1.82. The zero-order valence-electron chi connectivity index (χ0n) is 10.5. The van der Waals surface area contributed by atoms with E-state index in [9.17, 15) is 4.39 Å². The van der Waals surface area contributed by atoms with Crippen LogP contribution in [0.3, 0.4) is 0 Å². The minimum atomic E-state index is -0.159. The Labute approximate surface area is 103 Å². The standard InChI is InChI=1S/C14H21FN2/c1-17(14-6-2-5-13(15)10-14)9-7-12-4-3-8-16-11-12/h2,5-6,10,12,16H,3-4,7-9,11H2,1H3. The van der Waals surface area contributed by atoms with Crippen LogP contribution in [0, 0.1) is 11.7 Å². The Hall–Kier alpha value is -1.09. The molecular weight excluding hydrogens is 215 g/mol. The van der Waals surface area contributed by atoms with E-state index >= 15 is 0 Å². The van der Waals surface area contributed by atoms with E-state index < -0.39 is 0 Å². The Morgan fingerprint density at radius 1 is 1.47 bits per heavy atom. The lowest BCUT2D eigenvalue weighted by molar-refractivity contribution is 0.360. The van der Waals surface area contributed by atoms with E-state index in [-0.39, 0.29) is 5.82 Å². The molecule has 3 heteroatoms. The van der Waals surface area contributed by atoms with Gasteiger partial charge in [-0.2, -0.15) is 0 Å². The molecule has 1 fully saturated rings. The van der Waals surface area contributed by atoms with Crippen LogP contribution >= 0.6 is 0 Å². The molecule has 1 unspecified atom stereocenters. The zero-order valence-corrected chi connectivity index (χ0v) is 10.5. The summed E-state index contributed by atoms with van der Waals surface area (Å²) in [7, 11) is 2.03. The van der Waals surface area contributed by atoms with Crippen LogP contribution in [0.2, 0.25) is 0 Å². The third-order valence-electron chi connectivity index (χ3n) is 3.52. The summed E-state index contributed by atoms with van der Waals surface area (Å²) in [5, 5.41) is 3.43. The van der Waals surface area contributed by atoms with Gasteiger partial charge in [0.05, 0.1) is 0 Å². The average molecular weight is 236 g/mol. The number of anilines is 1. The third kappa shape index (κ3) is 3.70. The van der Waals surface area contributed by atoms with E-state index in [1.807, 2.05) is 13.1 Å². The lowest BCUT2D eigenvalue weighted by Crippen LogP contribution is -2.32. The molecule has 0 radical (unpaired) electrons. The van der Waals surface area contributed by atoms with Crippen molar-refractivity contribution in [1.29, 1.82) is 0 Å². The highest BCUT2D eigenvalue weighted by atomic mass is 19.1. The summed E-state index contributed by atoms with van der Waals surface area (Å²) < 4.78 is 13.1. The number of nitrogens with one attached hydrogen (secondary N) is 1. The van der Waals surface area contributed by atoms with Crippen molar-refractivity contribution in [2.75, 3.05) is 31.6 Å². The van der Waals surface area contributed by atoms with Crippen molar-refractivity contribution in [1.82, 2.24) is 5.32 Å². The summed E-state index contributed by atoms with van der Waals surface area (Å²) >= 11 is 0. The molecule has 17 heavy (non-hydrogen) atoms. The van der Waals surface area contributed by atoms with Gasteiger partial charge in [-0.05, 0) is 56.5 Å². The minimum absolute atomic E-state index is 0.159. The van der Waals surface area contributed by atoms with Gasteiger partial charge in [-0.3, -0.25) is 0 Å². The first-order chi connectivity index (χ1) is 8.25. The van der Waals surface area contributed by atoms with Gasteiger partial charge in [0, 0.05) is 19.3 Å². The van der Waals surface area contributed by atoms with Crippen molar-refractivity contribution >= 4 is 5.69 Å². The molecule has 0 saturated carbocycles. The molecule has 1 N–H and O–H groups in total. The van der Waals surface area contributed by atoms with Crippen molar-refractivity contribution in [3.05, 3.63) is 30.1 Å². The van der Waals surface area contributed by atoms with Crippen LogP contribution in [-0.2, 0) is 0 Å². The van der Waals surface area contributed by atoms with Crippen LogP contribution in [0.4, 0.5) is 10.1 Å². The van der Waals surface area contributed by atoms with Gasteiger partial charge < -0.3 is 10.2 Å². The van der Waals surface area contributed by atoms with Crippen molar-refractivity contribution < 1.29 is 4.39 Å². The minimum Gasteiger partial charge on any atom is -0.375 e. The van der Waals surface area contributed by atoms with Gasteiger partial charge in [0.25, 0.3) is 0 Å². The van der Waals surface area contributed by atoms with Crippen LogP contribution in [0.5, 0.6) is 0 Å². The normalized spacial score (nSPS) is 20.2. The van der Waals surface area contributed by atoms with Crippen LogP contribution in [-0.4, -0.2) is 26.7 Å². The van der Waals surface area contributed by atoms with Crippen molar-refractivity contribution in [3.8, 4) is 0 Å².